The molecule has 0 saturated heterocycles. The molecule has 2 aromatic carbocycles. The minimum absolute atomic E-state index is 0.313. The molecule has 0 aromatic heterocycles. The van der Waals surface area contributed by atoms with Crippen molar-refractivity contribution >= 4 is 0 Å². The Hall–Kier alpha value is -2.38. The molecule has 0 fully saturated rings. The van der Waals surface area contributed by atoms with Gasteiger partial charge in [-0.05, 0) is 49.9 Å². The highest BCUT2D eigenvalue weighted by Gasteiger charge is 2.37. The van der Waals surface area contributed by atoms with Crippen molar-refractivity contribution in [2.45, 2.75) is 58.4 Å². The first-order valence-corrected chi connectivity index (χ1v) is 11.1. The Morgan fingerprint density at radius 1 is 0.828 bits per heavy atom. The first-order chi connectivity index (χ1) is 14.2. The zero-order valence-electron chi connectivity index (χ0n) is 18.2. The molecule has 0 aliphatic heterocycles. The van der Waals surface area contributed by atoms with Crippen molar-refractivity contribution in [1.82, 2.24) is 5.32 Å². The molecule has 0 radical (unpaired) electrons. The van der Waals surface area contributed by atoms with Gasteiger partial charge >= 0.3 is 0 Å². The first-order valence-electron chi connectivity index (χ1n) is 11.1. The number of hydrogen-bond acceptors (Lipinski definition) is 1. The van der Waals surface area contributed by atoms with E-state index in [0.717, 1.165) is 13.0 Å². The Morgan fingerprint density at radius 3 is 2.28 bits per heavy atom. The molecule has 1 heteroatoms. The van der Waals surface area contributed by atoms with Gasteiger partial charge in [-0.1, -0.05) is 116 Å². The lowest BCUT2D eigenvalue weighted by molar-refractivity contribution is 0.443. The second kappa shape index (κ2) is 10.4. The summed E-state index contributed by atoms with van der Waals surface area (Å²) in [7, 11) is 0. The molecule has 1 aliphatic carbocycles. The molecule has 0 amide bonds. The summed E-state index contributed by atoms with van der Waals surface area (Å²) in [5, 5.41) is 4.03. The third-order valence-electron chi connectivity index (χ3n) is 5.86. The SMILES string of the molecule is CCCCCCNC(C1=CC=C(C)C=CC1)(c1ccccc1)c1ccc(C)cc1. The van der Waals surface area contributed by atoms with Crippen LogP contribution >= 0.6 is 0 Å². The molecule has 1 aliphatic rings. The first kappa shape index (κ1) is 21.3. The van der Waals surface area contributed by atoms with Gasteiger partial charge in [0, 0.05) is 0 Å². The number of nitrogens with one attached hydrogen (secondary N) is 1. The summed E-state index contributed by atoms with van der Waals surface area (Å²) in [5.41, 5.74) is 6.31. The second-order valence-corrected chi connectivity index (χ2v) is 8.18. The largest absolute Gasteiger partial charge is 0.300 e. The predicted molar refractivity (Wildman–Crippen MR) is 126 cm³/mol. The van der Waals surface area contributed by atoms with Gasteiger partial charge in [-0.2, -0.15) is 0 Å². The fourth-order valence-corrected chi connectivity index (χ4v) is 4.18. The topological polar surface area (TPSA) is 12.0 Å². The van der Waals surface area contributed by atoms with Crippen LogP contribution in [0.15, 0.2) is 90.0 Å². The second-order valence-electron chi connectivity index (χ2n) is 8.18. The maximum atomic E-state index is 4.03. The lowest BCUT2D eigenvalue weighted by atomic mass is 9.75. The van der Waals surface area contributed by atoms with E-state index in [-0.39, 0.29) is 5.54 Å². The zero-order valence-corrected chi connectivity index (χ0v) is 18.2. The van der Waals surface area contributed by atoms with Crippen molar-refractivity contribution in [1.29, 1.82) is 0 Å². The Labute approximate surface area is 177 Å². The van der Waals surface area contributed by atoms with E-state index < -0.39 is 0 Å². The Bertz CT molecular complexity index is 855. The molecular weight excluding hydrogens is 350 g/mol. The van der Waals surface area contributed by atoms with E-state index >= 15 is 0 Å². The summed E-state index contributed by atoms with van der Waals surface area (Å²) in [6.45, 7) is 7.61. The zero-order chi connectivity index (χ0) is 20.5. The molecular formula is C28H35N. The minimum Gasteiger partial charge on any atom is -0.300 e. The van der Waals surface area contributed by atoms with Crippen LogP contribution in [0.5, 0.6) is 0 Å². The summed E-state index contributed by atoms with van der Waals surface area (Å²) < 4.78 is 0. The summed E-state index contributed by atoms with van der Waals surface area (Å²) >= 11 is 0. The van der Waals surface area contributed by atoms with E-state index in [9.17, 15) is 0 Å². The van der Waals surface area contributed by atoms with E-state index in [2.05, 4.69) is 105 Å². The fraction of sp³-hybridized carbons (Fsp3) is 0.357. The minimum atomic E-state index is -0.313. The molecule has 0 bridgehead atoms. The number of rotatable bonds is 9. The molecule has 29 heavy (non-hydrogen) atoms. The number of aryl methyl sites for hydroxylation is 1. The van der Waals surface area contributed by atoms with Crippen LogP contribution in [0.2, 0.25) is 0 Å². The maximum absolute atomic E-state index is 4.03. The van der Waals surface area contributed by atoms with E-state index in [1.807, 2.05) is 0 Å². The molecule has 152 valence electrons. The summed E-state index contributed by atoms with van der Waals surface area (Å²) in [5.74, 6) is 0. The van der Waals surface area contributed by atoms with Crippen LogP contribution in [0.3, 0.4) is 0 Å². The monoisotopic (exact) mass is 385 g/mol. The summed E-state index contributed by atoms with van der Waals surface area (Å²) in [6.07, 6.45) is 15.1. The lowest BCUT2D eigenvalue weighted by Crippen LogP contribution is -2.45. The summed E-state index contributed by atoms with van der Waals surface area (Å²) in [6, 6.07) is 20.0. The van der Waals surface area contributed by atoms with Crippen LogP contribution in [-0.2, 0) is 5.54 Å². The van der Waals surface area contributed by atoms with Crippen molar-refractivity contribution in [2.24, 2.45) is 0 Å². The van der Waals surface area contributed by atoms with Gasteiger partial charge in [0.25, 0.3) is 0 Å². The Balaban J connectivity index is 2.10. The fourth-order valence-electron chi connectivity index (χ4n) is 4.18. The van der Waals surface area contributed by atoms with Gasteiger partial charge in [0.05, 0.1) is 5.54 Å². The van der Waals surface area contributed by atoms with Gasteiger partial charge in [0.2, 0.25) is 0 Å². The highest BCUT2D eigenvalue weighted by atomic mass is 15.0. The van der Waals surface area contributed by atoms with E-state index in [4.69, 9.17) is 0 Å². The molecule has 0 saturated carbocycles. The van der Waals surface area contributed by atoms with Gasteiger partial charge in [-0.3, -0.25) is 0 Å². The van der Waals surface area contributed by atoms with Crippen molar-refractivity contribution in [3.8, 4) is 0 Å². The van der Waals surface area contributed by atoms with Gasteiger partial charge in [-0.25, -0.2) is 0 Å². The standard InChI is InChI=1S/C28H35N/c1-4-5-6-10-22-29-28(25-13-8-7-9-14-25,27-20-17-24(3)18-21-27)26-15-11-12-23(2)16-19-26/h7-9,11-14,16-21,29H,4-6,10,15,22H2,1-3H3. The molecule has 3 rings (SSSR count). The van der Waals surface area contributed by atoms with Crippen LogP contribution < -0.4 is 5.32 Å². The number of allylic oxidation sites excluding steroid dienone is 5. The lowest BCUT2D eigenvalue weighted by Gasteiger charge is -2.39. The van der Waals surface area contributed by atoms with E-state index in [1.165, 1.54) is 53.5 Å². The Kier molecular flexibility index (Phi) is 7.66. The third kappa shape index (κ3) is 5.16. The quantitative estimate of drug-likeness (QED) is 0.449. The number of benzene rings is 2. The molecule has 0 spiro atoms. The number of unbranched alkanes of at least 4 members (excludes halogenated alkanes) is 3. The number of hydrogen-bond donors (Lipinski definition) is 1. The van der Waals surface area contributed by atoms with E-state index in [0.29, 0.717) is 0 Å². The van der Waals surface area contributed by atoms with Crippen molar-refractivity contribution < 1.29 is 0 Å². The average molecular weight is 386 g/mol. The molecule has 1 nitrogen and oxygen atoms in total. The van der Waals surface area contributed by atoms with Crippen LogP contribution in [0.1, 0.15) is 62.6 Å². The molecule has 2 aromatic rings. The smallest absolute Gasteiger partial charge is 0.0913 e. The van der Waals surface area contributed by atoms with Gasteiger partial charge in [0.15, 0.2) is 0 Å². The van der Waals surface area contributed by atoms with Gasteiger partial charge in [0.1, 0.15) is 0 Å². The summed E-state index contributed by atoms with van der Waals surface area (Å²) in [4.78, 5) is 0. The normalized spacial score (nSPS) is 16.0. The van der Waals surface area contributed by atoms with E-state index in [1.54, 1.807) is 0 Å². The molecule has 0 heterocycles. The third-order valence-corrected chi connectivity index (χ3v) is 5.86. The molecule has 1 atom stereocenters. The van der Waals surface area contributed by atoms with Crippen LogP contribution in [0.25, 0.3) is 0 Å². The van der Waals surface area contributed by atoms with Crippen molar-refractivity contribution in [3.63, 3.8) is 0 Å². The highest BCUT2D eigenvalue weighted by Crippen LogP contribution is 2.39. The van der Waals surface area contributed by atoms with Crippen LogP contribution in [0, 0.1) is 6.92 Å². The van der Waals surface area contributed by atoms with Gasteiger partial charge in [-0.15, -0.1) is 0 Å². The van der Waals surface area contributed by atoms with Crippen LogP contribution in [-0.4, -0.2) is 6.54 Å². The van der Waals surface area contributed by atoms with Crippen LogP contribution in [0.4, 0.5) is 0 Å². The highest BCUT2D eigenvalue weighted by molar-refractivity contribution is 5.51. The van der Waals surface area contributed by atoms with Crippen molar-refractivity contribution in [3.05, 3.63) is 107 Å². The maximum Gasteiger partial charge on any atom is 0.0913 e. The Morgan fingerprint density at radius 2 is 1.55 bits per heavy atom. The molecule has 1 unspecified atom stereocenters. The van der Waals surface area contributed by atoms with Gasteiger partial charge < -0.3 is 5.32 Å². The molecule has 1 N–H and O–H groups in total. The van der Waals surface area contributed by atoms with Crippen molar-refractivity contribution in [2.75, 3.05) is 6.54 Å². The predicted octanol–water partition coefficient (Wildman–Crippen LogP) is 7.24. The average Bonchev–Trinajstić information content (AvgIpc) is 2.97.